The van der Waals surface area contributed by atoms with E-state index in [1.165, 1.54) is 0 Å². The van der Waals surface area contributed by atoms with E-state index in [9.17, 15) is 0 Å². The number of rotatable bonds is 5. The molecule has 0 radical (unpaired) electrons. The second-order valence-electron chi connectivity index (χ2n) is 7.11. The van der Waals surface area contributed by atoms with Crippen LogP contribution in [0.4, 0.5) is 5.69 Å². The fraction of sp³-hybridized carbons (Fsp3) is 0.238. The molecule has 10 heteroatoms. The number of nitrogens with zero attached hydrogens (tertiary/aromatic N) is 5. The first-order valence-electron chi connectivity index (χ1n) is 10.0. The summed E-state index contributed by atoms with van der Waals surface area (Å²) in [5.74, 6) is 1.78. The van der Waals surface area contributed by atoms with Gasteiger partial charge >= 0.3 is 0 Å². The van der Waals surface area contributed by atoms with Gasteiger partial charge in [-0.05, 0) is 24.6 Å². The molecule has 2 aliphatic heterocycles. The SMILES string of the molecule is CC1N=C(N)N(CC2N=C(N)NC(NCc3ccccc3)=N2)C(Nc2ccccc2)=N1. The summed E-state index contributed by atoms with van der Waals surface area (Å²) in [6.45, 7) is 2.82. The summed E-state index contributed by atoms with van der Waals surface area (Å²) in [7, 11) is 0. The number of nitrogens with one attached hydrogen (secondary N) is 3. The molecule has 0 bridgehead atoms. The molecule has 2 aromatic carbocycles. The van der Waals surface area contributed by atoms with Gasteiger partial charge in [-0.15, -0.1) is 0 Å². The van der Waals surface area contributed by atoms with Crippen LogP contribution in [0.1, 0.15) is 12.5 Å². The molecule has 160 valence electrons. The van der Waals surface area contributed by atoms with Crippen LogP contribution in [0.3, 0.4) is 0 Å². The van der Waals surface area contributed by atoms with Crippen LogP contribution in [0.2, 0.25) is 0 Å². The van der Waals surface area contributed by atoms with Gasteiger partial charge in [0.05, 0.1) is 6.54 Å². The minimum atomic E-state index is -0.482. The van der Waals surface area contributed by atoms with Crippen molar-refractivity contribution >= 4 is 29.5 Å². The third kappa shape index (κ3) is 5.30. The van der Waals surface area contributed by atoms with Gasteiger partial charge in [0.25, 0.3) is 0 Å². The van der Waals surface area contributed by atoms with Crippen molar-refractivity contribution in [2.24, 2.45) is 31.4 Å². The number of nitrogens with two attached hydrogens (primary N) is 2. The molecule has 10 nitrogen and oxygen atoms in total. The first-order chi connectivity index (χ1) is 15.1. The monoisotopic (exact) mass is 418 g/mol. The molecule has 4 rings (SSSR count). The Kier molecular flexibility index (Phi) is 5.97. The van der Waals surface area contributed by atoms with Crippen molar-refractivity contribution in [2.75, 3.05) is 11.9 Å². The maximum atomic E-state index is 6.23. The number of para-hydroxylation sites is 1. The summed E-state index contributed by atoms with van der Waals surface area (Å²) >= 11 is 0. The van der Waals surface area contributed by atoms with Crippen molar-refractivity contribution in [3.8, 4) is 0 Å². The van der Waals surface area contributed by atoms with Crippen LogP contribution in [-0.2, 0) is 6.54 Å². The Bertz CT molecular complexity index is 1010. The van der Waals surface area contributed by atoms with Gasteiger partial charge in [-0.2, -0.15) is 0 Å². The van der Waals surface area contributed by atoms with E-state index < -0.39 is 6.17 Å². The Labute approximate surface area is 180 Å². The molecule has 0 fully saturated rings. The Morgan fingerprint density at radius 2 is 1.65 bits per heavy atom. The van der Waals surface area contributed by atoms with Crippen molar-refractivity contribution in [3.05, 3.63) is 66.2 Å². The van der Waals surface area contributed by atoms with Crippen molar-refractivity contribution in [1.82, 2.24) is 15.5 Å². The lowest BCUT2D eigenvalue weighted by Crippen LogP contribution is -2.53. The highest BCUT2D eigenvalue weighted by Crippen LogP contribution is 2.13. The summed E-state index contributed by atoms with van der Waals surface area (Å²) in [5, 5.41) is 9.53. The average Bonchev–Trinajstić information content (AvgIpc) is 2.76. The zero-order valence-electron chi connectivity index (χ0n) is 17.2. The second-order valence-corrected chi connectivity index (χ2v) is 7.11. The molecule has 2 aliphatic rings. The second kappa shape index (κ2) is 9.16. The Balaban J connectivity index is 1.48. The normalized spacial score (nSPS) is 20.6. The minimum absolute atomic E-state index is 0.282. The maximum absolute atomic E-state index is 6.23. The van der Waals surface area contributed by atoms with E-state index in [0.717, 1.165) is 11.3 Å². The van der Waals surface area contributed by atoms with E-state index in [1.807, 2.05) is 67.6 Å². The number of anilines is 1. The molecule has 7 N–H and O–H groups in total. The molecule has 0 saturated carbocycles. The van der Waals surface area contributed by atoms with Gasteiger partial charge in [0.1, 0.15) is 6.17 Å². The number of hydrogen-bond acceptors (Lipinski definition) is 10. The lowest BCUT2D eigenvalue weighted by molar-refractivity contribution is 0.496. The van der Waals surface area contributed by atoms with E-state index in [2.05, 4.69) is 35.9 Å². The summed E-state index contributed by atoms with van der Waals surface area (Å²) < 4.78 is 0. The van der Waals surface area contributed by atoms with Crippen LogP contribution in [0, 0.1) is 0 Å². The molecular weight excluding hydrogens is 392 g/mol. The Hall–Kier alpha value is -4.08. The van der Waals surface area contributed by atoms with Gasteiger partial charge in [0.2, 0.25) is 11.9 Å². The number of hydrogen-bond donors (Lipinski definition) is 5. The number of aliphatic imine (C=N–C) groups is 4. The zero-order valence-corrected chi connectivity index (χ0v) is 17.2. The smallest absolute Gasteiger partial charge is 0.207 e. The molecular formula is C21H26N10. The summed E-state index contributed by atoms with van der Waals surface area (Å²) in [4.78, 5) is 19.7. The van der Waals surface area contributed by atoms with E-state index in [1.54, 1.807) is 4.90 Å². The molecule has 2 atom stereocenters. The number of benzene rings is 2. The van der Waals surface area contributed by atoms with Gasteiger partial charge < -0.3 is 22.1 Å². The molecule has 2 heterocycles. The predicted octanol–water partition coefficient (Wildman–Crippen LogP) is 0.821. The predicted molar refractivity (Wildman–Crippen MR) is 125 cm³/mol. The van der Waals surface area contributed by atoms with Crippen molar-refractivity contribution in [1.29, 1.82) is 0 Å². The standard InChI is InChI=1S/C21H26N10/c1-14-25-19(23)31(21(26-14)27-16-10-6-3-7-11-16)13-17-28-18(22)30-20(29-17)24-12-15-8-4-2-5-9-15/h2-11,14,17H,12-13H2,1H3,(H2,23,25)(H,26,27)(H4,22,24,28,29,30). The van der Waals surface area contributed by atoms with E-state index in [-0.39, 0.29) is 12.1 Å². The largest absolute Gasteiger partial charge is 0.370 e. The topological polar surface area (TPSA) is 141 Å². The molecule has 0 saturated heterocycles. The van der Waals surface area contributed by atoms with Crippen LogP contribution in [0.15, 0.2) is 80.6 Å². The third-order valence-corrected chi connectivity index (χ3v) is 4.65. The molecule has 0 amide bonds. The maximum Gasteiger partial charge on any atom is 0.207 e. The molecule has 0 spiro atoms. The van der Waals surface area contributed by atoms with Gasteiger partial charge in [-0.1, -0.05) is 48.5 Å². The highest BCUT2D eigenvalue weighted by molar-refractivity contribution is 6.06. The van der Waals surface area contributed by atoms with Crippen molar-refractivity contribution in [3.63, 3.8) is 0 Å². The van der Waals surface area contributed by atoms with E-state index >= 15 is 0 Å². The Morgan fingerprint density at radius 3 is 2.39 bits per heavy atom. The van der Waals surface area contributed by atoms with Gasteiger partial charge in [0.15, 0.2) is 18.1 Å². The van der Waals surface area contributed by atoms with E-state index in [0.29, 0.717) is 31.0 Å². The fourth-order valence-electron chi connectivity index (χ4n) is 3.22. The summed E-state index contributed by atoms with van der Waals surface area (Å²) in [5.41, 5.74) is 14.3. The van der Waals surface area contributed by atoms with Crippen LogP contribution in [0.5, 0.6) is 0 Å². The van der Waals surface area contributed by atoms with E-state index in [4.69, 9.17) is 11.5 Å². The first-order valence-corrected chi connectivity index (χ1v) is 10.0. The first kappa shape index (κ1) is 20.2. The molecule has 31 heavy (non-hydrogen) atoms. The zero-order chi connectivity index (χ0) is 21.6. The molecule has 2 unspecified atom stereocenters. The van der Waals surface area contributed by atoms with Crippen molar-refractivity contribution in [2.45, 2.75) is 25.8 Å². The van der Waals surface area contributed by atoms with Gasteiger partial charge in [-0.3, -0.25) is 10.2 Å². The molecule has 0 aliphatic carbocycles. The lowest BCUT2D eigenvalue weighted by Gasteiger charge is -2.31. The average molecular weight is 419 g/mol. The van der Waals surface area contributed by atoms with Gasteiger partial charge in [-0.25, -0.2) is 20.0 Å². The van der Waals surface area contributed by atoms with Crippen LogP contribution in [-0.4, -0.2) is 47.6 Å². The van der Waals surface area contributed by atoms with Crippen LogP contribution in [0.25, 0.3) is 0 Å². The lowest BCUT2D eigenvalue weighted by atomic mass is 10.2. The molecule has 2 aromatic rings. The highest BCUT2D eigenvalue weighted by Gasteiger charge is 2.26. The fourth-order valence-corrected chi connectivity index (χ4v) is 3.22. The highest BCUT2D eigenvalue weighted by atomic mass is 15.4. The number of guanidine groups is 4. The van der Waals surface area contributed by atoms with Crippen LogP contribution < -0.4 is 27.4 Å². The molecule has 0 aromatic heterocycles. The van der Waals surface area contributed by atoms with Crippen molar-refractivity contribution < 1.29 is 0 Å². The third-order valence-electron chi connectivity index (χ3n) is 4.65. The minimum Gasteiger partial charge on any atom is -0.370 e. The summed E-state index contributed by atoms with van der Waals surface area (Å²) in [6.07, 6.45) is -0.764. The Morgan fingerprint density at radius 1 is 0.935 bits per heavy atom. The van der Waals surface area contributed by atoms with Crippen LogP contribution >= 0.6 is 0 Å². The quantitative estimate of drug-likeness (QED) is 0.487. The summed E-state index contributed by atoms with van der Waals surface area (Å²) in [6, 6.07) is 19.8. The van der Waals surface area contributed by atoms with Gasteiger partial charge in [0, 0.05) is 12.2 Å².